The first-order valence-electron chi connectivity index (χ1n) is 21.6. The van der Waals surface area contributed by atoms with Crippen LogP contribution in [0.25, 0.3) is 0 Å². The average molecular weight is 861 g/mol. The van der Waals surface area contributed by atoms with Gasteiger partial charge in [0.25, 0.3) is 16.6 Å². The summed E-state index contributed by atoms with van der Waals surface area (Å²) >= 11 is 0. The lowest BCUT2D eigenvalue weighted by Crippen LogP contribution is -2.67. The molecule has 1 N–H and O–H groups in total. The number of benzene rings is 4. The number of hydrogen-bond donors (Lipinski definition) is 1. The Kier molecular flexibility index (Phi) is 13.1. The maximum atomic E-state index is 12.0. The molecule has 0 unspecified atom stereocenters. The van der Waals surface area contributed by atoms with E-state index in [0.717, 1.165) is 16.1 Å². The van der Waals surface area contributed by atoms with Crippen LogP contribution in [0.5, 0.6) is 0 Å². The molecule has 11 heteroatoms. The Hall–Kier alpha value is -3.89. The van der Waals surface area contributed by atoms with Crippen LogP contribution in [0.15, 0.2) is 134 Å². The van der Waals surface area contributed by atoms with Crippen molar-refractivity contribution in [1.29, 1.82) is 0 Å². The van der Waals surface area contributed by atoms with Gasteiger partial charge in [-0.3, -0.25) is 9.97 Å². The molecule has 5 aromatic rings. The number of rotatable bonds is 14. The molecule has 2 fully saturated rings. The highest BCUT2D eigenvalue weighted by atomic mass is 28.4. The second-order valence-corrected chi connectivity index (χ2v) is 28.0. The number of ether oxygens (including phenoxy) is 4. The topological polar surface area (TPSA) is 101 Å². The summed E-state index contributed by atoms with van der Waals surface area (Å²) in [6, 6.07) is 42.1. The first-order chi connectivity index (χ1) is 28.9. The first kappa shape index (κ1) is 45.1. The summed E-state index contributed by atoms with van der Waals surface area (Å²) in [6.07, 6.45) is 0.848. The molecule has 2 aliphatic rings. The normalized spacial score (nSPS) is 22.3. The van der Waals surface area contributed by atoms with Crippen molar-refractivity contribution >= 4 is 37.4 Å². The summed E-state index contributed by atoms with van der Waals surface area (Å²) < 4.78 is 40.3. The van der Waals surface area contributed by atoms with Gasteiger partial charge in [-0.1, -0.05) is 163 Å². The van der Waals surface area contributed by atoms with Gasteiger partial charge in [-0.2, -0.15) is 0 Å². The van der Waals surface area contributed by atoms with Crippen molar-refractivity contribution in [1.82, 2.24) is 9.97 Å². The molecule has 0 saturated carbocycles. The van der Waals surface area contributed by atoms with Crippen molar-refractivity contribution in [2.75, 3.05) is 13.2 Å². The minimum absolute atomic E-state index is 0.0472. The van der Waals surface area contributed by atoms with Gasteiger partial charge in [0.2, 0.25) is 0 Å². The summed E-state index contributed by atoms with van der Waals surface area (Å²) in [5.74, 6) is -1.77. The van der Waals surface area contributed by atoms with Crippen LogP contribution in [-0.2, 0) is 34.2 Å². The second-order valence-electron chi connectivity index (χ2n) is 19.4. The third-order valence-corrected chi connectivity index (χ3v) is 22.0. The summed E-state index contributed by atoms with van der Waals surface area (Å²) in [7, 11) is -5.73. The maximum absolute atomic E-state index is 12.0. The Morgan fingerprint density at radius 1 is 0.574 bits per heavy atom. The van der Waals surface area contributed by atoms with E-state index in [-0.39, 0.29) is 28.9 Å². The minimum atomic E-state index is -2.92. The maximum Gasteiger partial charge on any atom is 0.261 e. The van der Waals surface area contributed by atoms with Gasteiger partial charge in [-0.05, 0) is 58.5 Å². The highest BCUT2D eigenvalue weighted by Gasteiger charge is 2.54. The number of aromatic nitrogens is 2. The number of hydrogen-bond acceptors (Lipinski definition) is 9. The predicted octanol–water partition coefficient (Wildman–Crippen LogP) is 7.25. The lowest BCUT2D eigenvalue weighted by Gasteiger charge is -2.43. The van der Waals surface area contributed by atoms with Crippen LogP contribution in [0.1, 0.15) is 86.7 Å². The summed E-state index contributed by atoms with van der Waals surface area (Å²) in [5, 5.41) is 16.2. The molecule has 3 heterocycles. The third kappa shape index (κ3) is 9.41. The molecule has 61 heavy (non-hydrogen) atoms. The van der Waals surface area contributed by atoms with Crippen molar-refractivity contribution < 1.29 is 32.9 Å². The zero-order valence-electron chi connectivity index (χ0n) is 37.5. The molecule has 4 aromatic carbocycles. The second kappa shape index (κ2) is 17.7. The monoisotopic (exact) mass is 860 g/mol. The van der Waals surface area contributed by atoms with Gasteiger partial charge in [0.15, 0.2) is 11.6 Å². The van der Waals surface area contributed by atoms with Gasteiger partial charge >= 0.3 is 0 Å². The van der Waals surface area contributed by atoms with E-state index in [1.54, 1.807) is 12.4 Å². The highest BCUT2D eigenvalue weighted by molar-refractivity contribution is 7.00. The van der Waals surface area contributed by atoms with E-state index in [9.17, 15) is 5.11 Å². The van der Waals surface area contributed by atoms with Gasteiger partial charge in [0.05, 0.1) is 36.9 Å². The Morgan fingerprint density at radius 2 is 1.00 bits per heavy atom. The molecule has 2 saturated heterocycles. The molecule has 0 bridgehead atoms. The predicted molar refractivity (Wildman–Crippen MR) is 245 cm³/mol. The van der Waals surface area contributed by atoms with E-state index in [0.29, 0.717) is 18.7 Å². The Morgan fingerprint density at radius 3 is 1.43 bits per heavy atom. The van der Waals surface area contributed by atoms with E-state index in [4.69, 9.17) is 37.8 Å². The van der Waals surface area contributed by atoms with Crippen molar-refractivity contribution in [2.24, 2.45) is 0 Å². The van der Waals surface area contributed by atoms with E-state index < -0.39 is 46.5 Å². The van der Waals surface area contributed by atoms with Crippen LogP contribution in [0.4, 0.5) is 0 Å². The molecule has 0 aliphatic carbocycles. The zero-order chi connectivity index (χ0) is 43.7. The van der Waals surface area contributed by atoms with Crippen LogP contribution in [0.3, 0.4) is 0 Å². The van der Waals surface area contributed by atoms with Crippen LogP contribution < -0.4 is 20.7 Å². The molecule has 0 radical (unpaired) electrons. The molecule has 324 valence electrons. The lowest BCUT2D eigenvalue weighted by atomic mass is 10.1. The Labute approximate surface area is 365 Å². The number of aliphatic hydroxyl groups excluding tert-OH is 1. The van der Waals surface area contributed by atoms with Gasteiger partial charge in [-0.25, -0.2) is 0 Å². The van der Waals surface area contributed by atoms with E-state index in [1.807, 2.05) is 39.8 Å². The fourth-order valence-electron chi connectivity index (χ4n) is 9.38. The van der Waals surface area contributed by atoms with E-state index >= 15 is 0 Å². The number of nitrogens with zero attached hydrogens (tertiary/aromatic N) is 2. The van der Waals surface area contributed by atoms with Gasteiger partial charge in [0.1, 0.15) is 24.4 Å². The van der Waals surface area contributed by atoms with Crippen LogP contribution >= 0.6 is 0 Å². The SMILES string of the molecule is CC1(C)O[C@@H]([C@H](O)CO[Si](c2ccccc2)(c2ccccc2)C(C)(C)C)[C@@H](c2cnc(C[C@@H]3OC(C)(C)O[C@@H]3CO[Si](c3ccccc3)(c3ccccc3)C(C)(C)C)cn2)O1. The molecule has 9 nitrogen and oxygen atoms in total. The summed E-state index contributed by atoms with van der Waals surface area (Å²) in [4.78, 5) is 9.75. The quantitative estimate of drug-likeness (QED) is 0.116. The lowest BCUT2D eigenvalue weighted by molar-refractivity contribution is -0.157. The van der Waals surface area contributed by atoms with Gasteiger partial charge in [-0.15, -0.1) is 0 Å². The largest absolute Gasteiger partial charge is 0.405 e. The van der Waals surface area contributed by atoms with Crippen LogP contribution in [-0.4, -0.2) is 80.9 Å². The molecular weight excluding hydrogens is 797 g/mol. The van der Waals surface area contributed by atoms with Crippen molar-refractivity contribution in [3.8, 4) is 0 Å². The molecule has 0 spiro atoms. The molecule has 5 atom stereocenters. The van der Waals surface area contributed by atoms with Crippen molar-refractivity contribution in [2.45, 2.75) is 128 Å². The summed E-state index contributed by atoms with van der Waals surface area (Å²) in [6.45, 7) is 21.5. The Balaban J connectivity index is 1.09. The number of aliphatic hydroxyl groups is 1. The molecule has 1 aromatic heterocycles. The average Bonchev–Trinajstić information content (AvgIpc) is 3.72. The first-order valence-corrected chi connectivity index (χ1v) is 25.4. The smallest absolute Gasteiger partial charge is 0.261 e. The molecule has 2 aliphatic heterocycles. The molecule has 7 rings (SSSR count). The Bertz CT molecular complexity index is 2080. The van der Waals surface area contributed by atoms with Crippen molar-refractivity contribution in [3.63, 3.8) is 0 Å². The fourth-order valence-corrected chi connectivity index (χ4v) is 18.5. The molecule has 0 amide bonds. The van der Waals surface area contributed by atoms with Crippen molar-refractivity contribution in [3.05, 3.63) is 145 Å². The van der Waals surface area contributed by atoms with Gasteiger partial charge < -0.3 is 32.9 Å². The minimum Gasteiger partial charge on any atom is -0.405 e. The van der Waals surface area contributed by atoms with E-state index in [1.165, 1.54) is 10.4 Å². The standard InChI is InChI=1S/C50H64N2O7Si2/c1-47(2,3)60(37-23-15-11-16-24-37,38-25-17-12-18-26-38)54-34-42(53)46-45(58-50(9,10)59-46)41-33-51-36(32-52-41)31-43-44(57-49(7,8)56-43)35-55-61(48(4,5)6,39-27-19-13-20-28-39)40-29-21-14-22-30-40/h11-30,32-33,42-46,53H,31,34-35H2,1-10H3/t42-,43+,44-,45-,46+/m1/s1. The van der Waals surface area contributed by atoms with Crippen LogP contribution in [0, 0.1) is 0 Å². The third-order valence-electron chi connectivity index (χ3n) is 12.0. The van der Waals surface area contributed by atoms with Crippen LogP contribution in [0.2, 0.25) is 10.1 Å². The zero-order valence-corrected chi connectivity index (χ0v) is 39.5. The fraction of sp³-hybridized carbons (Fsp3) is 0.440. The van der Waals surface area contributed by atoms with Gasteiger partial charge in [0, 0.05) is 12.6 Å². The molecular formula is C50H64N2O7Si2. The van der Waals surface area contributed by atoms with E-state index in [2.05, 4.69) is 151 Å². The highest BCUT2D eigenvalue weighted by Crippen LogP contribution is 2.42. The summed E-state index contributed by atoms with van der Waals surface area (Å²) in [5.41, 5.74) is 1.31.